The predicted octanol–water partition coefficient (Wildman–Crippen LogP) is 2.52. The first-order valence-corrected chi connectivity index (χ1v) is 5.07. The second-order valence-corrected chi connectivity index (χ2v) is 3.17. The maximum Gasteiger partial charge on any atom is 0.522 e. The van der Waals surface area contributed by atoms with Crippen LogP contribution in [-0.4, -0.2) is 31.9 Å². The fourth-order valence-electron chi connectivity index (χ4n) is 0.885. The topological polar surface area (TPSA) is 21.3 Å². The van der Waals surface area contributed by atoms with Crippen LogP contribution >= 0.6 is 11.6 Å². The zero-order valence-corrected chi connectivity index (χ0v) is 8.63. The lowest BCUT2D eigenvalue weighted by atomic mass is 10.2. The van der Waals surface area contributed by atoms with E-state index < -0.39 is 6.36 Å². The summed E-state index contributed by atoms with van der Waals surface area (Å²) in [6.45, 7) is 0.595. The van der Waals surface area contributed by atoms with Gasteiger partial charge >= 0.3 is 6.36 Å². The third kappa shape index (κ3) is 12.0. The van der Waals surface area contributed by atoms with Crippen molar-refractivity contribution in [2.75, 3.05) is 25.6 Å². The second-order valence-electron chi connectivity index (χ2n) is 2.79. The zero-order chi connectivity index (χ0) is 10.9. The minimum Gasteiger partial charge on any atom is -0.314 e. The Morgan fingerprint density at radius 2 is 1.79 bits per heavy atom. The van der Waals surface area contributed by atoms with Gasteiger partial charge in [-0.1, -0.05) is 6.42 Å². The van der Waals surface area contributed by atoms with Crippen molar-refractivity contribution in [2.45, 2.75) is 25.6 Å². The van der Waals surface area contributed by atoms with Gasteiger partial charge < -0.3 is 5.32 Å². The van der Waals surface area contributed by atoms with E-state index in [1.54, 1.807) is 0 Å². The molecule has 0 aliphatic rings. The highest BCUT2D eigenvalue weighted by molar-refractivity contribution is 6.17. The van der Waals surface area contributed by atoms with E-state index in [-0.39, 0.29) is 13.2 Å². The summed E-state index contributed by atoms with van der Waals surface area (Å²) < 4.78 is 38.0. The van der Waals surface area contributed by atoms with Crippen molar-refractivity contribution >= 4 is 11.6 Å². The summed E-state index contributed by atoms with van der Waals surface area (Å²) in [5.41, 5.74) is 0. The van der Waals surface area contributed by atoms with Gasteiger partial charge in [0.1, 0.15) is 0 Å². The Morgan fingerprint density at radius 3 is 2.36 bits per heavy atom. The number of unbranched alkanes of at least 4 members (excludes halogenated alkanes) is 2. The molecule has 0 unspecified atom stereocenters. The first-order valence-electron chi connectivity index (χ1n) is 4.53. The van der Waals surface area contributed by atoms with Gasteiger partial charge in [-0.2, -0.15) is 0 Å². The SMILES string of the molecule is FC(F)(F)OCCNCCCCCCl. The molecule has 0 amide bonds. The first kappa shape index (κ1) is 14.0. The second kappa shape index (κ2) is 8.32. The van der Waals surface area contributed by atoms with Gasteiger partial charge in [-0.15, -0.1) is 24.8 Å². The summed E-state index contributed by atoms with van der Waals surface area (Å²) in [5, 5.41) is 2.85. The minimum absolute atomic E-state index is 0.223. The van der Waals surface area contributed by atoms with Crippen LogP contribution in [0.15, 0.2) is 0 Å². The molecule has 6 heteroatoms. The molecule has 0 bridgehead atoms. The Hall–Kier alpha value is 0. The number of hydrogen-bond donors (Lipinski definition) is 1. The van der Waals surface area contributed by atoms with E-state index in [2.05, 4.69) is 10.1 Å². The van der Waals surface area contributed by atoms with Crippen molar-refractivity contribution in [1.82, 2.24) is 5.32 Å². The monoisotopic (exact) mass is 233 g/mol. The summed E-state index contributed by atoms with van der Waals surface area (Å²) in [6, 6.07) is 0. The number of rotatable bonds is 8. The molecule has 0 aromatic heterocycles. The van der Waals surface area contributed by atoms with Gasteiger partial charge in [0, 0.05) is 12.4 Å². The zero-order valence-electron chi connectivity index (χ0n) is 7.87. The molecule has 0 heterocycles. The number of hydrogen-bond acceptors (Lipinski definition) is 2. The molecule has 0 aromatic rings. The van der Waals surface area contributed by atoms with Crippen LogP contribution in [-0.2, 0) is 4.74 Å². The van der Waals surface area contributed by atoms with Crippen molar-refractivity contribution in [2.24, 2.45) is 0 Å². The number of nitrogens with one attached hydrogen (secondary N) is 1. The van der Waals surface area contributed by atoms with Crippen LogP contribution in [0.5, 0.6) is 0 Å². The van der Waals surface area contributed by atoms with Gasteiger partial charge in [-0.25, -0.2) is 0 Å². The summed E-state index contributed by atoms with van der Waals surface area (Å²) in [4.78, 5) is 0. The molecule has 0 spiro atoms. The molecule has 0 atom stereocenters. The van der Waals surface area contributed by atoms with Gasteiger partial charge in [0.15, 0.2) is 0 Å². The molecule has 0 radical (unpaired) electrons. The third-order valence-corrected chi connectivity index (χ3v) is 1.80. The third-order valence-electron chi connectivity index (χ3n) is 1.53. The van der Waals surface area contributed by atoms with Crippen LogP contribution in [0, 0.1) is 0 Å². The predicted molar refractivity (Wildman–Crippen MR) is 49.4 cm³/mol. The quantitative estimate of drug-likeness (QED) is 0.514. The molecule has 0 aromatic carbocycles. The largest absolute Gasteiger partial charge is 0.522 e. The molecule has 0 saturated carbocycles. The minimum atomic E-state index is -4.51. The van der Waals surface area contributed by atoms with Gasteiger partial charge in [-0.3, -0.25) is 4.74 Å². The molecular weight excluding hydrogens is 219 g/mol. The molecule has 14 heavy (non-hydrogen) atoms. The van der Waals surface area contributed by atoms with E-state index in [1.165, 1.54) is 0 Å². The average molecular weight is 234 g/mol. The highest BCUT2D eigenvalue weighted by Gasteiger charge is 2.28. The van der Waals surface area contributed by atoms with E-state index in [0.717, 1.165) is 19.3 Å². The van der Waals surface area contributed by atoms with Crippen molar-refractivity contribution < 1.29 is 17.9 Å². The smallest absolute Gasteiger partial charge is 0.314 e. The maximum absolute atomic E-state index is 11.5. The van der Waals surface area contributed by atoms with Crippen LogP contribution in [0.1, 0.15) is 19.3 Å². The first-order chi connectivity index (χ1) is 6.56. The molecular formula is C8H15ClF3NO. The lowest BCUT2D eigenvalue weighted by molar-refractivity contribution is -0.323. The maximum atomic E-state index is 11.5. The van der Waals surface area contributed by atoms with E-state index in [4.69, 9.17) is 11.6 Å². The highest BCUT2D eigenvalue weighted by Crippen LogP contribution is 2.14. The highest BCUT2D eigenvalue weighted by atomic mass is 35.5. The van der Waals surface area contributed by atoms with Gasteiger partial charge in [0.05, 0.1) is 6.61 Å². The average Bonchev–Trinajstić information content (AvgIpc) is 2.08. The van der Waals surface area contributed by atoms with Crippen molar-refractivity contribution in [3.05, 3.63) is 0 Å². The van der Waals surface area contributed by atoms with Crippen LogP contribution in [0.4, 0.5) is 13.2 Å². The lowest BCUT2D eigenvalue weighted by Gasteiger charge is -2.07. The Bertz CT molecular complexity index is 132. The van der Waals surface area contributed by atoms with E-state index in [1.807, 2.05) is 0 Å². The number of alkyl halides is 4. The Kier molecular flexibility index (Phi) is 8.32. The molecule has 2 nitrogen and oxygen atoms in total. The van der Waals surface area contributed by atoms with Crippen LogP contribution < -0.4 is 5.32 Å². The Morgan fingerprint density at radius 1 is 1.07 bits per heavy atom. The van der Waals surface area contributed by atoms with Gasteiger partial charge in [0.25, 0.3) is 0 Å². The van der Waals surface area contributed by atoms with Crippen molar-refractivity contribution in [1.29, 1.82) is 0 Å². The molecule has 0 aliphatic carbocycles. The normalized spacial score (nSPS) is 12.0. The van der Waals surface area contributed by atoms with Gasteiger partial charge in [-0.05, 0) is 19.4 Å². The Balaban J connectivity index is 2.99. The van der Waals surface area contributed by atoms with Crippen LogP contribution in [0.3, 0.4) is 0 Å². The fraction of sp³-hybridized carbons (Fsp3) is 1.00. The molecule has 1 N–H and O–H groups in total. The molecule has 0 fully saturated rings. The number of ether oxygens (including phenoxy) is 1. The van der Waals surface area contributed by atoms with Crippen LogP contribution in [0.2, 0.25) is 0 Å². The lowest BCUT2D eigenvalue weighted by Crippen LogP contribution is -2.24. The van der Waals surface area contributed by atoms with Gasteiger partial charge in [0.2, 0.25) is 0 Å². The summed E-state index contributed by atoms with van der Waals surface area (Å²) in [6.07, 6.45) is -1.64. The van der Waals surface area contributed by atoms with Crippen molar-refractivity contribution in [3.63, 3.8) is 0 Å². The summed E-state index contributed by atoms with van der Waals surface area (Å²) in [5.74, 6) is 0.636. The summed E-state index contributed by atoms with van der Waals surface area (Å²) in [7, 11) is 0. The van der Waals surface area contributed by atoms with E-state index >= 15 is 0 Å². The molecule has 0 saturated heterocycles. The van der Waals surface area contributed by atoms with Crippen LogP contribution in [0.25, 0.3) is 0 Å². The van der Waals surface area contributed by atoms with E-state index in [0.29, 0.717) is 12.4 Å². The number of halogens is 4. The van der Waals surface area contributed by atoms with Crippen molar-refractivity contribution in [3.8, 4) is 0 Å². The molecule has 86 valence electrons. The standard InChI is InChI=1S/C8H15ClF3NO/c9-4-2-1-3-5-13-6-7-14-8(10,11)12/h13H,1-7H2. The summed E-state index contributed by atoms with van der Waals surface area (Å²) >= 11 is 5.45. The molecule has 0 rings (SSSR count). The fourth-order valence-corrected chi connectivity index (χ4v) is 1.07. The molecule has 0 aliphatic heterocycles. The Labute approximate surface area is 86.8 Å². The van der Waals surface area contributed by atoms with E-state index in [9.17, 15) is 13.2 Å².